The molecule has 96 valence electrons. The highest BCUT2D eigenvalue weighted by Crippen LogP contribution is 2.37. The first-order valence-electron chi connectivity index (χ1n) is 6.37. The Bertz CT molecular complexity index is 487. The molecule has 2 aliphatic rings. The molecule has 2 heterocycles. The number of halogens is 1. The first-order valence-corrected chi connectivity index (χ1v) is 6.75. The van der Waals surface area contributed by atoms with Crippen molar-refractivity contribution in [3.63, 3.8) is 0 Å². The highest BCUT2D eigenvalue weighted by molar-refractivity contribution is 6.30. The van der Waals surface area contributed by atoms with Gasteiger partial charge in [0, 0.05) is 6.20 Å². The number of methoxy groups -OCH3 is 1. The Kier molecular flexibility index (Phi) is 3.27. The zero-order valence-electron chi connectivity index (χ0n) is 10.4. The van der Waals surface area contributed by atoms with Gasteiger partial charge in [-0.3, -0.25) is 0 Å². The zero-order chi connectivity index (χ0) is 12.5. The van der Waals surface area contributed by atoms with E-state index in [0.717, 1.165) is 43.3 Å². The summed E-state index contributed by atoms with van der Waals surface area (Å²) in [5.41, 5.74) is 2.52. The van der Waals surface area contributed by atoms with Crippen molar-refractivity contribution in [1.82, 2.24) is 10.3 Å². The molecular weight excluding hydrogens is 248 g/mol. The SMILES string of the molecule is COc1cc(C2=CCC3CNCC3C2)cnc1Cl. The molecule has 0 saturated carbocycles. The number of hydrogen-bond donors (Lipinski definition) is 1. The van der Waals surface area contributed by atoms with E-state index in [0.29, 0.717) is 10.9 Å². The molecule has 1 fully saturated rings. The molecule has 3 nitrogen and oxygen atoms in total. The van der Waals surface area contributed by atoms with E-state index in [-0.39, 0.29) is 0 Å². The van der Waals surface area contributed by atoms with Crippen molar-refractivity contribution in [2.24, 2.45) is 11.8 Å². The van der Waals surface area contributed by atoms with Gasteiger partial charge in [-0.25, -0.2) is 4.98 Å². The minimum Gasteiger partial charge on any atom is -0.494 e. The molecule has 1 aliphatic carbocycles. The highest BCUT2D eigenvalue weighted by Gasteiger charge is 2.30. The molecule has 1 aromatic heterocycles. The maximum Gasteiger partial charge on any atom is 0.171 e. The molecule has 3 rings (SSSR count). The van der Waals surface area contributed by atoms with Crippen LogP contribution in [-0.4, -0.2) is 25.2 Å². The molecule has 1 aromatic rings. The molecule has 0 spiro atoms. The lowest BCUT2D eigenvalue weighted by Crippen LogP contribution is -2.16. The van der Waals surface area contributed by atoms with Crippen LogP contribution < -0.4 is 10.1 Å². The Labute approximate surface area is 112 Å². The molecule has 0 radical (unpaired) electrons. The van der Waals surface area contributed by atoms with Crippen molar-refractivity contribution in [3.05, 3.63) is 29.1 Å². The van der Waals surface area contributed by atoms with Gasteiger partial charge in [0.05, 0.1) is 7.11 Å². The standard InChI is InChI=1S/C14H17ClN2O/c1-18-13-5-12(8-17-14(13)15)9-2-3-10-6-16-7-11(10)4-9/h2,5,8,10-11,16H,3-4,6-7H2,1H3. The van der Waals surface area contributed by atoms with Crippen LogP contribution in [-0.2, 0) is 0 Å². The first kappa shape index (κ1) is 12.0. The fourth-order valence-electron chi connectivity index (χ4n) is 2.94. The number of ether oxygens (including phenoxy) is 1. The van der Waals surface area contributed by atoms with E-state index in [4.69, 9.17) is 16.3 Å². The zero-order valence-corrected chi connectivity index (χ0v) is 11.2. The van der Waals surface area contributed by atoms with Crippen LogP contribution in [0.4, 0.5) is 0 Å². The second-order valence-electron chi connectivity index (χ2n) is 5.06. The van der Waals surface area contributed by atoms with Crippen molar-refractivity contribution in [2.75, 3.05) is 20.2 Å². The summed E-state index contributed by atoms with van der Waals surface area (Å²) in [7, 11) is 1.62. The first-order chi connectivity index (χ1) is 8.78. The summed E-state index contributed by atoms with van der Waals surface area (Å²) >= 11 is 5.96. The molecule has 2 atom stereocenters. The summed E-state index contributed by atoms with van der Waals surface area (Å²) < 4.78 is 5.23. The van der Waals surface area contributed by atoms with Crippen molar-refractivity contribution in [1.29, 1.82) is 0 Å². The van der Waals surface area contributed by atoms with Crippen LogP contribution >= 0.6 is 11.6 Å². The normalized spacial score (nSPS) is 26.7. The summed E-state index contributed by atoms with van der Waals surface area (Å²) in [4.78, 5) is 4.19. The number of pyridine rings is 1. The van der Waals surface area contributed by atoms with Gasteiger partial charge in [-0.15, -0.1) is 0 Å². The summed E-state index contributed by atoms with van der Waals surface area (Å²) in [6.45, 7) is 2.30. The predicted molar refractivity (Wildman–Crippen MR) is 72.9 cm³/mol. The van der Waals surface area contributed by atoms with E-state index in [1.165, 1.54) is 5.57 Å². The lowest BCUT2D eigenvalue weighted by molar-refractivity contribution is 0.411. The van der Waals surface area contributed by atoms with Crippen LogP contribution in [0.5, 0.6) is 5.75 Å². The third-order valence-electron chi connectivity index (χ3n) is 4.03. The second kappa shape index (κ2) is 4.90. The van der Waals surface area contributed by atoms with Gasteiger partial charge in [-0.2, -0.15) is 0 Å². The van der Waals surface area contributed by atoms with Crippen LogP contribution in [0.3, 0.4) is 0 Å². The van der Waals surface area contributed by atoms with Gasteiger partial charge in [-0.1, -0.05) is 17.7 Å². The quantitative estimate of drug-likeness (QED) is 0.834. The summed E-state index contributed by atoms with van der Waals surface area (Å²) in [6.07, 6.45) is 6.49. The summed E-state index contributed by atoms with van der Waals surface area (Å²) in [6, 6.07) is 1.99. The Hall–Kier alpha value is -1.06. The number of nitrogens with one attached hydrogen (secondary N) is 1. The number of aromatic nitrogens is 1. The van der Waals surface area contributed by atoms with Crippen molar-refractivity contribution < 1.29 is 4.74 Å². The number of allylic oxidation sites excluding steroid dienone is 2. The maximum atomic E-state index is 5.96. The second-order valence-corrected chi connectivity index (χ2v) is 5.42. The third kappa shape index (κ3) is 2.13. The van der Waals surface area contributed by atoms with E-state index in [2.05, 4.69) is 16.4 Å². The minimum absolute atomic E-state index is 0.429. The van der Waals surface area contributed by atoms with E-state index < -0.39 is 0 Å². The van der Waals surface area contributed by atoms with Gasteiger partial charge in [0.15, 0.2) is 10.9 Å². The largest absolute Gasteiger partial charge is 0.494 e. The van der Waals surface area contributed by atoms with Gasteiger partial charge in [0.25, 0.3) is 0 Å². The van der Waals surface area contributed by atoms with Crippen molar-refractivity contribution >= 4 is 17.2 Å². The predicted octanol–water partition coefficient (Wildman–Crippen LogP) is 2.76. The highest BCUT2D eigenvalue weighted by atomic mass is 35.5. The van der Waals surface area contributed by atoms with Crippen LogP contribution in [0.1, 0.15) is 18.4 Å². The lowest BCUT2D eigenvalue weighted by Gasteiger charge is -2.24. The van der Waals surface area contributed by atoms with Crippen LogP contribution in [0.2, 0.25) is 5.15 Å². The summed E-state index contributed by atoms with van der Waals surface area (Å²) in [5.74, 6) is 2.24. The molecule has 1 N–H and O–H groups in total. The average Bonchev–Trinajstić information content (AvgIpc) is 2.86. The lowest BCUT2D eigenvalue weighted by atomic mass is 9.80. The molecule has 18 heavy (non-hydrogen) atoms. The monoisotopic (exact) mass is 264 g/mol. The fraction of sp³-hybridized carbons (Fsp3) is 0.500. The van der Waals surface area contributed by atoms with Crippen LogP contribution in [0.15, 0.2) is 18.3 Å². The van der Waals surface area contributed by atoms with Gasteiger partial charge in [0.1, 0.15) is 0 Å². The smallest absolute Gasteiger partial charge is 0.171 e. The molecule has 0 aromatic carbocycles. The molecule has 1 aliphatic heterocycles. The van der Waals surface area contributed by atoms with E-state index in [1.54, 1.807) is 7.11 Å². The Morgan fingerprint density at radius 2 is 2.22 bits per heavy atom. The number of fused-ring (bicyclic) bond motifs is 1. The van der Waals surface area contributed by atoms with E-state index >= 15 is 0 Å². The van der Waals surface area contributed by atoms with Gasteiger partial charge in [-0.05, 0) is 55.0 Å². The maximum absolute atomic E-state index is 5.96. The topological polar surface area (TPSA) is 34.1 Å². The Morgan fingerprint density at radius 3 is 3.06 bits per heavy atom. The average molecular weight is 265 g/mol. The van der Waals surface area contributed by atoms with Crippen molar-refractivity contribution in [3.8, 4) is 5.75 Å². The Balaban J connectivity index is 1.86. The fourth-order valence-corrected chi connectivity index (χ4v) is 3.12. The van der Waals surface area contributed by atoms with Gasteiger partial charge < -0.3 is 10.1 Å². The molecule has 1 saturated heterocycles. The Morgan fingerprint density at radius 1 is 1.39 bits per heavy atom. The van der Waals surface area contributed by atoms with Gasteiger partial charge in [0.2, 0.25) is 0 Å². The molecular formula is C14H17ClN2O. The summed E-state index contributed by atoms with van der Waals surface area (Å²) in [5, 5.41) is 3.90. The van der Waals surface area contributed by atoms with Crippen LogP contribution in [0, 0.1) is 11.8 Å². The minimum atomic E-state index is 0.429. The van der Waals surface area contributed by atoms with Gasteiger partial charge >= 0.3 is 0 Å². The van der Waals surface area contributed by atoms with E-state index in [9.17, 15) is 0 Å². The molecule has 2 unspecified atom stereocenters. The molecule has 0 bridgehead atoms. The van der Waals surface area contributed by atoms with E-state index in [1.807, 2.05) is 12.3 Å². The third-order valence-corrected chi connectivity index (χ3v) is 4.31. The number of nitrogens with zero attached hydrogens (tertiary/aromatic N) is 1. The number of hydrogen-bond acceptors (Lipinski definition) is 3. The van der Waals surface area contributed by atoms with Crippen LogP contribution in [0.25, 0.3) is 5.57 Å². The molecule has 0 amide bonds. The number of rotatable bonds is 2. The molecule has 4 heteroatoms. The van der Waals surface area contributed by atoms with Crippen molar-refractivity contribution in [2.45, 2.75) is 12.8 Å².